The summed E-state index contributed by atoms with van der Waals surface area (Å²) in [7, 11) is -4.94. The first kappa shape index (κ1) is 16.2. The Morgan fingerprint density at radius 3 is 2.42 bits per heavy atom. The maximum Gasteiger partial charge on any atom is 0.397 e. The van der Waals surface area contributed by atoms with Crippen molar-refractivity contribution in [3.63, 3.8) is 0 Å². The largest absolute Gasteiger partial charge is 0.397 e. The average Bonchev–Trinajstić information content (AvgIpc) is 2.26. The number of aliphatic hydroxyl groups excluding tert-OH is 3. The molecule has 2 unspecified atom stereocenters. The molecule has 0 aromatic rings. The maximum absolute atomic E-state index is 11.0. The minimum Gasteiger partial charge on any atom is -0.394 e. The van der Waals surface area contributed by atoms with Gasteiger partial charge in [-0.05, 0) is 0 Å². The highest BCUT2D eigenvalue weighted by Crippen LogP contribution is 2.23. The number of rotatable bonds is 4. The van der Waals surface area contributed by atoms with Gasteiger partial charge >= 0.3 is 10.4 Å². The summed E-state index contributed by atoms with van der Waals surface area (Å²) >= 11 is 0. The fraction of sp³-hybridized carbons (Fsp3) is 0.875. The van der Waals surface area contributed by atoms with Crippen molar-refractivity contribution in [3.05, 3.63) is 0 Å². The molecule has 5 atom stereocenters. The molecular formula is C8H15NO9S. The number of aliphatic hydroxyl groups is 3. The summed E-state index contributed by atoms with van der Waals surface area (Å²) in [4.78, 5) is 11.0. The smallest absolute Gasteiger partial charge is 0.394 e. The van der Waals surface area contributed by atoms with E-state index in [0.717, 1.165) is 6.92 Å². The van der Waals surface area contributed by atoms with Gasteiger partial charge in [0.15, 0.2) is 6.29 Å². The third-order valence-corrected chi connectivity index (χ3v) is 2.94. The highest BCUT2D eigenvalue weighted by Gasteiger charge is 2.47. The molecular weight excluding hydrogens is 286 g/mol. The van der Waals surface area contributed by atoms with Crippen LogP contribution in [0.4, 0.5) is 0 Å². The summed E-state index contributed by atoms with van der Waals surface area (Å²) in [5.74, 6) is -0.647. The summed E-state index contributed by atoms with van der Waals surface area (Å²) in [6.07, 6.45) is -6.45. The molecule has 5 N–H and O–H groups in total. The van der Waals surface area contributed by atoms with E-state index >= 15 is 0 Å². The number of carbonyl (C=O) groups excluding carboxylic acids is 1. The lowest BCUT2D eigenvalue weighted by atomic mass is 9.97. The van der Waals surface area contributed by atoms with Crippen molar-refractivity contribution in [2.24, 2.45) is 0 Å². The third-order valence-electron chi connectivity index (χ3n) is 2.48. The molecule has 0 radical (unpaired) electrons. The van der Waals surface area contributed by atoms with E-state index in [2.05, 4.69) is 9.50 Å². The quantitative estimate of drug-likeness (QED) is 0.335. The summed E-state index contributed by atoms with van der Waals surface area (Å²) in [5, 5.41) is 30.4. The highest BCUT2D eigenvalue weighted by atomic mass is 32.3. The third kappa shape index (κ3) is 4.35. The number of hydrogen-bond donors (Lipinski definition) is 5. The van der Waals surface area contributed by atoms with Crippen LogP contribution in [0, 0.1) is 0 Å². The van der Waals surface area contributed by atoms with E-state index < -0.39 is 53.6 Å². The van der Waals surface area contributed by atoms with Crippen LogP contribution in [0.25, 0.3) is 0 Å². The molecule has 19 heavy (non-hydrogen) atoms. The van der Waals surface area contributed by atoms with Crippen molar-refractivity contribution in [2.75, 3.05) is 6.61 Å². The van der Waals surface area contributed by atoms with E-state index in [1.807, 2.05) is 0 Å². The van der Waals surface area contributed by atoms with E-state index in [1.165, 1.54) is 0 Å². The van der Waals surface area contributed by atoms with Gasteiger partial charge in [-0.15, -0.1) is 0 Å². The minimum atomic E-state index is -4.94. The lowest BCUT2D eigenvalue weighted by Crippen LogP contribution is -2.65. The lowest BCUT2D eigenvalue weighted by molar-refractivity contribution is -0.249. The van der Waals surface area contributed by atoms with Gasteiger partial charge in [-0.2, -0.15) is 8.42 Å². The van der Waals surface area contributed by atoms with E-state index in [1.54, 1.807) is 0 Å². The van der Waals surface area contributed by atoms with Gasteiger partial charge in [-0.1, -0.05) is 0 Å². The normalized spacial score (nSPS) is 35.9. The van der Waals surface area contributed by atoms with Crippen molar-refractivity contribution >= 4 is 16.3 Å². The fourth-order valence-electron chi connectivity index (χ4n) is 1.73. The monoisotopic (exact) mass is 301 g/mol. The predicted octanol–water partition coefficient (Wildman–Crippen LogP) is -3.25. The summed E-state index contributed by atoms with van der Waals surface area (Å²) in [6.45, 7) is 0.359. The van der Waals surface area contributed by atoms with Crippen LogP contribution in [-0.4, -0.2) is 71.4 Å². The second-order valence-electron chi connectivity index (χ2n) is 3.95. The zero-order valence-corrected chi connectivity index (χ0v) is 10.6. The first-order valence-electron chi connectivity index (χ1n) is 5.21. The van der Waals surface area contributed by atoms with Crippen molar-refractivity contribution in [1.82, 2.24) is 5.32 Å². The van der Waals surface area contributed by atoms with Crippen LogP contribution < -0.4 is 5.32 Å². The summed E-state index contributed by atoms with van der Waals surface area (Å²) in [6, 6.07) is -1.43. The Morgan fingerprint density at radius 2 is 2.00 bits per heavy atom. The Labute approximate surface area is 108 Å². The molecule has 0 saturated carbocycles. The van der Waals surface area contributed by atoms with Gasteiger partial charge < -0.3 is 25.4 Å². The van der Waals surface area contributed by atoms with Crippen LogP contribution in [0.2, 0.25) is 0 Å². The first-order chi connectivity index (χ1) is 8.65. The fourth-order valence-corrected chi connectivity index (χ4v) is 2.24. The van der Waals surface area contributed by atoms with E-state index in [-0.39, 0.29) is 0 Å². The molecule has 1 fully saturated rings. The predicted molar refractivity (Wildman–Crippen MR) is 58.0 cm³/mol. The Hall–Kier alpha value is -0.820. The van der Waals surface area contributed by atoms with Crippen LogP contribution >= 0.6 is 0 Å². The molecule has 11 heteroatoms. The molecule has 10 nitrogen and oxygen atoms in total. The molecule has 1 aliphatic rings. The van der Waals surface area contributed by atoms with Crippen LogP contribution in [0.3, 0.4) is 0 Å². The molecule has 0 spiro atoms. The number of ether oxygens (including phenoxy) is 1. The van der Waals surface area contributed by atoms with Gasteiger partial charge in [0.25, 0.3) is 0 Å². The molecule has 1 aliphatic heterocycles. The Balaban J connectivity index is 3.00. The molecule has 0 aromatic heterocycles. The second-order valence-corrected chi connectivity index (χ2v) is 5.00. The van der Waals surface area contributed by atoms with Crippen LogP contribution in [0.5, 0.6) is 0 Å². The van der Waals surface area contributed by atoms with Crippen molar-refractivity contribution < 1.29 is 42.0 Å². The van der Waals surface area contributed by atoms with Gasteiger partial charge in [0, 0.05) is 6.92 Å². The molecule has 0 bridgehead atoms. The molecule has 1 saturated heterocycles. The topological polar surface area (TPSA) is 163 Å². The van der Waals surface area contributed by atoms with Gasteiger partial charge in [-0.3, -0.25) is 9.35 Å². The molecule has 112 valence electrons. The van der Waals surface area contributed by atoms with Gasteiger partial charge in [0.05, 0.1) is 6.61 Å². The minimum absolute atomic E-state index is 0.647. The first-order valence-corrected chi connectivity index (χ1v) is 6.57. The van der Waals surface area contributed by atoms with Crippen LogP contribution in [0.15, 0.2) is 0 Å². The Kier molecular flexibility index (Phi) is 5.20. The molecule has 0 aromatic carbocycles. The van der Waals surface area contributed by atoms with E-state index in [4.69, 9.17) is 14.4 Å². The Bertz CT molecular complexity index is 424. The SMILES string of the molecule is CC(=O)N[C@H]1C(OS(=O)(=O)O)[C@H](O)C(CO)O[C@H]1O. The molecule has 1 rings (SSSR count). The van der Waals surface area contributed by atoms with E-state index in [9.17, 15) is 23.4 Å². The zero-order chi connectivity index (χ0) is 14.8. The standard InChI is InChI=1S/C8H15NO9S/c1-3(11)9-5-7(18-19(14,15)16)6(12)4(2-10)17-8(5)13/h4-8,10,12-13H,2H2,1H3,(H,9,11)(H,14,15,16)/t4?,5-,6+,7?,8+/m0/s1. The van der Waals surface area contributed by atoms with Crippen LogP contribution in [-0.2, 0) is 24.1 Å². The van der Waals surface area contributed by atoms with Crippen molar-refractivity contribution in [2.45, 2.75) is 37.6 Å². The molecule has 1 heterocycles. The molecule has 0 aliphatic carbocycles. The van der Waals surface area contributed by atoms with Crippen molar-refractivity contribution in [1.29, 1.82) is 0 Å². The van der Waals surface area contributed by atoms with Crippen molar-refractivity contribution in [3.8, 4) is 0 Å². The van der Waals surface area contributed by atoms with Gasteiger partial charge in [0.2, 0.25) is 5.91 Å². The second kappa shape index (κ2) is 6.09. The average molecular weight is 301 g/mol. The number of hydrogen-bond acceptors (Lipinski definition) is 8. The number of nitrogens with one attached hydrogen (secondary N) is 1. The van der Waals surface area contributed by atoms with Gasteiger partial charge in [0.1, 0.15) is 24.4 Å². The van der Waals surface area contributed by atoms with Gasteiger partial charge in [-0.25, -0.2) is 4.18 Å². The lowest BCUT2D eigenvalue weighted by Gasteiger charge is -2.41. The van der Waals surface area contributed by atoms with E-state index in [0.29, 0.717) is 0 Å². The maximum atomic E-state index is 11.0. The summed E-state index contributed by atoms with van der Waals surface area (Å²) in [5.41, 5.74) is 0. The highest BCUT2D eigenvalue weighted by molar-refractivity contribution is 7.80. The zero-order valence-electron chi connectivity index (χ0n) is 9.83. The number of carbonyl (C=O) groups is 1. The number of amides is 1. The van der Waals surface area contributed by atoms with Crippen LogP contribution in [0.1, 0.15) is 6.92 Å². The molecule has 1 amide bonds. The Morgan fingerprint density at radius 1 is 1.42 bits per heavy atom. The summed E-state index contributed by atoms with van der Waals surface area (Å²) < 4.78 is 39.0.